The number of hydrogen-bond acceptors (Lipinski definition) is 3. The first-order valence-corrected chi connectivity index (χ1v) is 10.3. The van der Waals surface area contributed by atoms with E-state index in [1.165, 1.54) is 0 Å². The third-order valence-electron chi connectivity index (χ3n) is 5.55. The van der Waals surface area contributed by atoms with Crippen LogP contribution in [0.5, 0.6) is 0 Å². The van der Waals surface area contributed by atoms with Gasteiger partial charge in [0.25, 0.3) is 0 Å². The fourth-order valence-electron chi connectivity index (χ4n) is 3.49. The van der Waals surface area contributed by atoms with Crippen molar-refractivity contribution in [3.63, 3.8) is 0 Å². The zero-order valence-electron chi connectivity index (χ0n) is 17.0. The minimum Gasteiger partial charge on any atom is -0.348 e. The van der Waals surface area contributed by atoms with Gasteiger partial charge in [0.1, 0.15) is 5.78 Å². The highest BCUT2D eigenvalue weighted by molar-refractivity contribution is 5.84. The van der Waals surface area contributed by atoms with Gasteiger partial charge >= 0.3 is 0 Å². The molecule has 1 amide bonds. The molecule has 1 aliphatic rings. The molecule has 1 aromatic rings. The van der Waals surface area contributed by atoms with Crippen molar-refractivity contribution in [2.24, 2.45) is 5.92 Å². The molecule has 1 N–H and O–H groups in total. The molecule has 0 spiro atoms. The quantitative estimate of drug-likeness (QED) is 0.713. The third kappa shape index (κ3) is 6.62. The van der Waals surface area contributed by atoms with Crippen molar-refractivity contribution in [2.75, 3.05) is 13.1 Å². The van der Waals surface area contributed by atoms with Crippen molar-refractivity contribution in [2.45, 2.75) is 65.0 Å². The Morgan fingerprint density at radius 2 is 1.96 bits per heavy atom. The Hall–Kier alpha value is -1.94. The fraction of sp³-hybridized carbons (Fsp3) is 0.565. The van der Waals surface area contributed by atoms with E-state index in [0.717, 1.165) is 37.8 Å². The van der Waals surface area contributed by atoms with Crippen LogP contribution in [0.1, 0.15) is 58.4 Å². The highest BCUT2D eigenvalue weighted by Gasteiger charge is 2.31. The summed E-state index contributed by atoms with van der Waals surface area (Å²) in [6, 6.07) is 9.96. The molecule has 2 rings (SSSR count). The molecular weight excluding hydrogens is 336 g/mol. The molecule has 4 nitrogen and oxygen atoms in total. The molecule has 1 saturated heterocycles. The van der Waals surface area contributed by atoms with Gasteiger partial charge in [0, 0.05) is 6.42 Å². The molecule has 27 heavy (non-hydrogen) atoms. The minimum atomic E-state index is -0.189. The van der Waals surface area contributed by atoms with Crippen molar-refractivity contribution < 1.29 is 9.59 Å². The van der Waals surface area contributed by atoms with Crippen LogP contribution >= 0.6 is 0 Å². The van der Waals surface area contributed by atoms with Crippen LogP contribution in [0, 0.1) is 5.92 Å². The number of carbonyl (C=O) groups excluding carboxylic acids is 2. The van der Waals surface area contributed by atoms with E-state index in [1.807, 2.05) is 25.1 Å². The molecule has 3 atom stereocenters. The largest absolute Gasteiger partial charge is 0.348 e. The van der Waals surface area contributed by atoms with Crippen LogP contribution in [0.2, 0.25) is 0 Å². The molecule has 0 bridgehead atoms. The molecule has 1 heterocycles. The fourth-order valence-corrected chi connectivity index (χ4v) is 3.49. The number of nitrogens with zero attached hydrogens (tertiary/aromatic N) is 1. The maximum absolute atomic E-state index is 13.0. The number of likely N-dealkylation sites (tertiary alicyclic amines) is 1. The Balaban J connectivity index is 2.07. The zero-order valence-corrected chi connectivity index (χ0v) is 17.0. The van der Waals surface area contributed by atoms with Gasteiger partial charge in [-0.3, -0.25) is 14.5 Å². The summed E-state index contributed by atoms with van der Waals surface area (Å²) >= 11 is 0. The summed E-state index contributed by atoms with van der Waals surface area (Å²) < 4.78 is 0. The van der Waals surface area contributed by atoms with Crippen LogP contribution in [-0.2, 0) is 9.59 Å². The molecule has 148 valence electrons. The third-order valence-corrected chi connectivity index (χ3v) is 5.55. The van der Waals surface area contributed by atoms with Gasteiger partial charge in [0.05, 0.1) is 18.6 Å². The van der Waals surface area contributed by atoms with E-state index < -0.39 is 0 Å². The van der Waals surface area contributed by atoms with Crippen molar-refractivity contribution >= 4 is 17.8 Å². The lowest BCUT2D eigenvalue weighted by Gasteiger charge is -2.35. The Morgan fingerprint density at radius 3 is 2.63 bits per heavy atom. The van der Waals surface area contributed by atoms with Crippen LogP contribution in [0.25, 0.3) is 6.08 Å². The van der Waals surface area contributed by atoms with Gasteiger partial charge in [-0.25, -0.2) is 0 Å². The van der Waals surface area contributed by atoms with Gasteiger partial charge in [-0.2, -0.15) is 0 Å². The van der Waals surface area contributed by atoms with Gasteiger partial charge in [0.2, 0.25) is 5.91 Å². The average Bonchev–Trinajstić information content (AvgIpc) is 2.71. The lowest BCUT2D eigenvalue weighted by molar-refractivity contribution is -0.130. The molecule has 1 aromatic carbocycles. The number of rotatable bonds is 9. The molecule has 0 saturated carbocycles. The smallest absolute Gasteiger partial charge is 0.237 e. The van der Waals surface area contributed by atoms with Crippen LogP contribution in [0.3, 0.4) is 0 Å². The monoisotopic (exact) mass is 370 g/mol. The van der Waals surface area contributed by atoms with E-state index in [1.54, 1.807) is 0 Å². The summed E-state index contributed by atoms with van der Waals surface area (Å²) in [7, 11) is 0. The first-order valence-electron chi connectivity index (χ1n) is 10.3. The number of benzene rings is 1. The lowest BCUT2D eigenvalue weighted by Crippen LogP contribution is -2.53. The molecule has 4 heteroatoms. The number of Topliss-reactive ketones (excluding diaryl/α,β-unsaturated/α-hetero) is 1. The van der Waals surface area contributed by atoms with E-state index in [9.17, 15) is 9.59 Å². The first kappa shape index (κ1) is 21.4. The summed E-state index contributed by atoms with van der Waals surface area (Å²) in [5.74, 6) is 0.613. The summed E-state index contributed by atoms with van der Waals surface area (Å²) in [5, 5.41) is 3.25. The topological polar surface area (TPSA) is 49.4 Å². The molecule has 1 fully saturated rings. The molecule has 0 aromatic heterocycles. The predicted octanol–water partition coefficient (Wildman–Crippen LogP) is 4.06. The summed E-state index contributed by atoms with van der Waals surface area (Å²) in [4.78, 5) is 27.0. The second-order valence-corrected chi connectivity index (χ2v) is 7.56. The van der Waals surface area contributed by atoms with E-state index in [4.69, 9.17) is 0 Å². The Kier molecular flexibility index (Phi) is 8.73. The maximum Gasteiger partial charge on any atom is 0.237 e. The van der Waals surface area contributed by atoms with Crippen molar-refractivity contribution in [3.8, 4) is 0 Å². The standard InChI is InChI=1S/C23H34N2O2/c1-4-18(3)21(15-14-19-11-7-6-8-12-19)24-23(27)22-13-9-10-16-25(22)17-20(26)5-2/h6-8,11-12,14-15,18,21-22H,4-5,9-10,13,16-17H2,1-3H3,(H,24,27)/b15-14+/t18-,21+,22-/m0/s1. The highest BCUT2D eigenvalue weighted by Crippen LogP contribution is 2.19. The van der Waals surface area contributed by atoms with Gasteiger partial charge in [-0.1, -0.05) is 76.1 Å². The number of piperidine rings is 1. The van der Waals surface area contributed by atoms with E-state index in [-0.39, 0.29) is 23.8 Å². The average molecular weight is 371 g/mol. The van der Waals surface area contributed by atoms with Crippen LogP contribution in [0.4, 0.5) is 0 Å². The highest BCUT2D eigenvalue weighted by atomic mass is 16.2. The zero-order chi connectivity index (χ0) is 19.6. The van der Waals surface area contributed by atoms with Crippen molar-refractivity contribution in [3.05, 3.63) is 42.0 Å². The predicted molar refractivity (Wildman–Crippen MR) is 111 cm³/mol. The molecule has 0 radical (unpaired) electrons. The van der Waals surface area contributed by atoms with E-state index in [2.05, 4.69) is 48.3 Å². The second kappa shape index (κ2) is 11.0. The number of carbonyl (C=O) groups is 2. The summed E-state index contributed by atoms with van der Waals surface area (Å²) in [6.07, 6.45) is 8.64. The summed E-state index contributed by atoms with van der Waals surface area (Å²) in [5.41, 5.74) is 1.13. The maximum atomic E-state index is 13.0. The van der Waals surface area contributed by atoms with Gasteiger partial charge in [0.15, 0.2) is 0 Å². The minimum absolute atomic E-state index is 0.00615. The molecule has 0 aliphatic carbocycles. The van der Waals surface area contributed by atoms with Gasteiger partial charge in [-0.05, 0) is 30.9 Å². The van der Waals surface area contributed by atoms with Crippen molar-refractivity contribution in [1.29, 1.82) is 0 Å². The Morgan fingerprint density at radius 1 is 1.22 bits per heavy atom. The van der Waals surface area contributed by atoms with Crippen LogP contribution in [0.15, 0.2) is 36.4 Å². The second-order valence-electron chi connectivity index (χ2n) is 7.56. The van der Waals surface area contributed by atoms with E-state index >= 15 is 0 Å². The number of nitrogens with one attached hydrogen (secondary N) is 1. The molecule has 1 aliphatic heterocycles. The Bertz CT molecular complexity index is 627. The molecular formula is C23H34N2O2. The Labute approximate surface area is 164 Å². The van der Waals surface area contributed by atoms with Crippen LogP contribution < -0.4 is 5.32 Å². The normalized spacial score (nSPS) is 20.3. The number of ketones is 1. The van der Waals surface area contributed by atoms with Gasteiger partial charge < -0.3 is 5.32 Å². The molecule has 0 unspecified atom stereocenters. The van der Waals surface area contributed by atoms with E-state index in [0.29, 0.717) is 18.9 Å². The number of amides is 1. The van der Waals surface area contributed by atoms with Gasteiger partial charge in [-0.15, -0.1) is 0 Å². The SMILES string of the molecule is CCC(=O)CN1CCCC[C@H]1C(=O)N[C@H](/C=C/c1ccccc1)[C@@H](C)CC. The van der Waals surface area contributed by atoms with Crippen molar-refractivity contribution in [1.82, 2.24) is 10.2 Å². The first-order chi connectivity index (χ1) is 13.0. The number of hydrogen-bond donors (Lipinski definition) is 1. The van der Waals surface area contributed by atoms with Crippen LogP contribution in [-0.4, -0.2) is 41.8 Å². The summed E-state index contributed by atoms with van der Waals surface area (Å²) in [6.45, 7) is 7.42. The lowest BCUT2D eigenvalue weighted by atomic mass is 9.96.